The monoisotopic (exact) mass is 265 g/mol. The van der Waals surface area contributed by atoms with Gasteiger partial charge in [0.1, 0.15) is 5.82 Å². The van der Waals surface area contributed by atoms with E-state index in [1.807, 2.05) is 13.0 Å². The van der Waals surface area contributed by atoms with Crippen molar-refractivity contribution in [3.63, 3.8) is 0 Å². The number of hydrogen-bond donors (Lipinski definition) is 1. The van der Waals surface area contributed by atoms with Crippen LogP contribution in [0.1, 0.15) is 5.82 Å². The summed E-state index contributed by atoms with van der Waals surface area (Å²) in [5, 5.41) is 7.62. The highest BCUT2D eigenvalue weighted by Gasteiger charge is 2.12. The maximum Gasteiger partial charge on any atom is 0.174 e. The van der Waals surface area contributed by atoms with Crippen LogP contribution in [-0.2, 0) is 0 Å². The van der Waals surface area contributed by atoms with Gasteiger partial charge in [0.15, 0.2) is 15.4 Å². The molecule has 0 aliphatic carbocycles. The molecule has 0 spiro atoms. The molecule has 1 aromatic carbocycles. The van der Waals surface area contributed by atoms with Gasteiger partial charge in [0, 0.05) is 4.90 Å². The molecule has 0 atom stereocenters. The summed E-state index contributed by atoms with van der Waals surface area (Å²) in [6.45, 7) is 1.86. The number of nitrogens with zero attached hydrogens (tertiary/aromatic N) is 4. The van der Waals surface area contributed by atoms with E-state index >= 15 is 0 Å². The Morgan fingerprint density at radius 1 is 1.29 bits per heavy atom. The summed E-state index contributed by atoms with van der Waals surface area (Å²) in [4.78, 5) is 5.19. The van der Waals surface area contributed by atoms with Gasteiger partial charge in [-0.05, 0) is 40.9 Å². The quantitative estimate of drug-likeness (QED) is 0.709. The number of nitrogens with two attached hydrogens (primary N) is 1. The number of rotatable bonds is 2. The summed E-state index contributed by atoms with van der Waals surface area (Å²) >= 11 is 2.83. The highest BCUT2D eigenvalue weighted by molar-refractivity contribution is 8.01. The molecule has 86 valence electrons. The third kappa shape index (κ3) is 1.85. The van der Waals surface area contributed by atoms with Crippen LogP contribution in [0.15, 0.2) is 26.0 Å². The minimum Gasteiger partial charge on any atom is -0.397 e. The molecular weight excluding hydrogens is 258 g/mol. The normalized spacial score (nSPS) is 11.1. The Balaban J connectivity index is 2.06. The fourth-order valence-electron chi connectivity index (χ4n) is 1.36. The summed E-state index contributed by atoms with van der Waals surface area (Å²) in [6, 6.07) is 3.66. The highest BCUT2D eigenvalue weighted by atomic mass is 32.2. The zero-order valence-electron chi connectivity index (χ0n) is 8.75. The molecule has 0 amide bonds. The Kier molecular flexibility index (Phi) is 2.45. The van der Waals surface area contributed by atoms with Gasteiger partial charge in [0.25, 0.3) is 0 Å². The van der Waals surface area contributed by atoms with Gasteiger partial charge in [0.2, 0.25) is 0 Å². The van der Waals surface area contributed by atoms with Gasteiger partial charge in [-0.25, -0.2) is 9.61 Å². The van der Waals surface area contributed by atoms with Crippen LogP contribution in [0.2, 0.25) is 0 Å². The van der Waals surface area contributed by atoms with Crippen LogP contribution in [0, 0.1) is 6.92 Å². The standard InChI is InChI=1S/C9H7N5OS2/c1-4-11-9(17-14-4)16-6-3-2-5(10)7-8(6)13-15-12-7/h2-3H,10H2,1H3. The van der Waals surface area contributed by atoms with Crippen LogP contribution in [0.4, 0.5) is 5.69 Å². The number of anilines is 1. The molecule has 0 bridgehead atoms. The fraction of sp³-hybridized carbons (Fsp3) is 0.111. The van der Waals surface area contributed by atoms with E-state index in [-0.39, 0.29) is 0 Å². The van der Waals surface area contributed by atoms with Crippen molar-refractivity contribution in [2.75, 3.05) is 5.73 Å². The number of aromatic nitrogens is 4. The maximum atomic E-state index is 5.77. The lowest BCUT2D eigenvalue weighted by molar-refractivity contribution is 0.315. The molecule has 0 aliphatic rings. The highest BCUT2D eigenvalue weighted by Crippen LogP contribution is 2.34. The molecular formula is C9H7N5OS2. The van der Waals surface area contributed by atoms with E-state index in [0.717, 1.165) is 15.1 Å². The lowest BCUT2D eigenvalue weighted by atomic mass is 10.3. The van der Waals surface area contributed by atoms with E-state index in [4.69, 9.17) is 10.4 Å². The van der Waals surface area contributed by atoms with Crippen molar-refractivity contribution < 1.29 is 4.63 Å². The maximum absolute atomic E-state index is 5.77. The molecule has 0 saturated heterocycles. The van der Waals surface area contributed by atoms with Crippen molar-refractivity contribution in [1.82, 2.24) is 19.7 Å². The summed E-state index contributed by atoms with van der Waals surface area (Å²) in [5.41, 5.74) is 7.56. The van der Waals surface area contributed by atoms with Crippen LogP contribution in [0.25, 0.3) is 11.0 Å². The SMILES string of the molecule is Cc1nsc(Sc2ccc(N)c3nonc23)n1. The number of nitrogen functional groups attached to an aromatic ring is 1. The Bertz CT molecular complexity index is 677. The molecule has 0 aliphatic heterocycles. The molecule has 2 heterocycles. The molecule has 17 heavy (non-hydrogen) atoms. The van der Waals surface area contributed by atoms with E-state index in [0.29, 0.717) is 16.7 Å². The topological polar surface area (TPSA) is 90.7 Å². The third-order valence-electron chi connectivity index (χ3n) is 2.12. The second-order valence-electron chi connectivity index (χ2n) is 3.32. The Morgan fingerprint density at radius 2 is 2.12 bits per heavy atom. The minimum absolute atomic E-state index is 0.555. The van der Waals surface area contributed by atoms with Crippen LogP contribution >= 0.6 is 23.3 Å². The van der Waals surface area contributed by atoms with E-state index in [9.17, 15) is 0 Å². The molecule has 2 aromatic heterocycles. The Labute approximate surface area is 104 Å². The first-order valence-corrected chi connectivity index (χ1v) is 6.32. The first-order valence-electron chi connectivity index (χ1n) is 4.73. The van der Waals surface area contributed by atoms with Gasteiger partial charge in [-0.15, -0.1) is 0 Å². The minimum atomic E-state index is 0.555. The number of hydrogen-bond acceptors (Lipinski definition) is 8. The number of aryl methyl sites for hydroxylation is 1. The van der Waals surface area contributed by atoms with Gasteiger partial charge in [-0.2, -0.15) is 4.37 Å². The smallest absolute Gasteiger partial charge is 0.174 e. The molecule has 0 radical (unpaired) electrons. The van der Waals surface area contributed by atoms with Crippen molar-refractivity contribution in [3.05, 3.63) is 18.0 Å². The first kappa shape index (κ1) is 10.5. The molecule has 6 nitrogen and oxygen atoms in total. The lowest BCUT2D eigenvalue weighted by Gasteiger charge is -1.98. The molecule has 3 aromatic rings. The molecule has 0 fully saturated rings. The zero-order chi connectivity index (χ0) is 11.8. The second-order valence-corrected chi connectivity index (χ2v) is 5.36. The number of benzene rings is 1. The molecule has 8 heteroatoms. The summed E-state index contributed by atoms with van der Waals surface area (Å²) in [6.07, 6.45) is 0. The van der Waals surface area contributed by atoms with Crippen molar-refractivity contribution in [3.8, 4) is 0 Å². The Hall–Kier alpha value is -1.67. The van der Waals surface area contributed by atoms with Gasteiger partial charge >= 0.3 is 0 Å². The summed E-state index contributed by atoms with van der Waals surface area (Å²) in [5.74, 6) is 0.766. The predicted octanol–water partition coefficient (Wildman–Crippen LogP) is 2.12. The van der Waals surface area contributed by atoms with Crippen molar-refractivity contribution >= 4 is 40.0 Å². The van der Waals surface area contributed by atoms with Crippen LogP contribution in [0.3, 0.4) is 0 Å². The molecule has 0 unspecified atom stereocenters. The lowest BCUT2D eigenvalue weighted by Crippen LogP contribution is -1.87. The third-order valence-corrected chi connectivity index (χ3v) is 4.01. The van der Waals surface area contributed by atoms with Crippen LogP contribution in [0.5, 0.6) is 0 Å². The van der Waals surface area contributed by atoms with Gasteiger partial charge in [0.05, 0.1) is 5.69 Å². The van der Waals surface area contributed by atoms with Crippen LogP contribution in [-0.4, -0.2) is 19.7 Å². The summed E-state index contributed by atoms with van der Waals surface area (Å²) < 4.78 is 9.68. The molecule has 0 saturated carbocycles. The second kappa shape index (κ2) is 3.97. The molecule has 3 rings (SSSR count). The van der Waals surface area contributed by atoms with E-state index in [1.165, 1.54) is 23.3 Å². The number of fused-ring (bicyclic) bond motifs is 1. The Morgan fingerprint density at radius 3 is 2.88 bits per heavy atom. The van der Waals surface area contributed by atoms with Crippen LogP contribution < -0.4 is 5.73 Å². The zero-order valence-corrected chi connectivity index (χ0v) is 10.4. The fourth-order valence-corrected chi connectivity index (χ4v) is 3.05. The average Bonchev–Trinajstić information content (AvgIpc) is 2.92. The molecule has 2 N–H and O–H groups in total. The first-order chi connectivity index (χ1) is 8.24. The largest absolute Gasteiger partial charge is 0.397 e. The van der Waals surface area contributed by atoms with Crippen molar-refractivity contribution in [1.29, 1.82) is 0 Å². The van der Waals surface area contributed by atoms with Gasteiger partial charge in [-0.1, -0.05) is 11.8 Å². The van der Waals surface area contributed by atoms with E-state index in [1.54, 1.807) is 6.07 Å². The summed E-state index contributed by atoms with van der Waals surface area (Å²) in [7, 11) is 0. The van der Waals surface area contributed by atoms with Gasteiger partial charge in [-0.3, -0.25) is 0 Å². The van der Waals surface area contributed by atoms with E-state index < -0.39 is 0 Å². The predicted molar refractivity (Wildman–Crippen MR) is 65.0 cm³/mol. The van der Waals surface area contributed by atoms with Crippen molar-refractivity contribution in [2.24, 2.45) is 0 Å². The average molecular weight is 265 g/mol. The van der Waals surface area contributed by atoms with E-state index in [2.05, 4.69) is 19.7 Å². The van der Waals surface area contributed by atoms with Crippen molar-refractivity contribution in [2.45, 2.75) is 16.2 Å². The van der Waals surface area contributed by atoms with Gasteiger partial charge < -0.3 is 5.73 Å².